The quantitative estimate of drug-likeness (QED) is 0.256. The van der Waals surface area contributed by atoms with Gasteiger partial charge in [0.2, 0.25) is 5.75 Å². The molecule has 0 saturated heterocycles. The van der Waals surface area contributed by atoms with E-state index in [0.29, 0.717) is 40.5 Å². The number of nitrogens with one attached hydrogen (secondary N) is 1. The minimum Gasteiger partial charge on any atom is -0.493 e. The van der Waals surface area contributed by atoms with Gasteiger partial charge in [-0.2, -0.15) is 0 Å². The number of hydrogen-bond donors (Lipinski definition) is 1. The maximum absolute atomic E-state index is 11.8. The molecule has 1 aromatic heterocycles. The standard InChI is InChI=1S/C22H27N3O6/c1-5-6-7-8-9-31-21-17(25(26)27)10-14(11-20(21)30-4)22-23-15-12-18(28-2)19(29-3)13-16(15)24-22/h10-13H,5-9H2,1-4H3,(H,23,24). The highest BCUT2D eigenvalue weighted by molar-refractivity contribution is 5.84. The molecule has 0 fully saturated rings. The summed E-state index contributed by atoms with van der Waals surface area (Å²) in [6.45, 7) is 2.51. The second-order valence-corrected chi connectivity index (χ2v) is 7.00. The number of methoxy groups -OCH3 is 3. The summed E-state index contributed by atoms with van der Waals surface area (Å²) in [5, 5.41) is 11.8. The van der Waals surface area contributed by atoms with Crippen molar-refractivity contribution in [3.63, 3.8) is 0 Å². The van der Waals surface area contributed by atoms with Crippen molar-refractivity contribution in [3.05, 3.63) is 34.4 Å². The van der Waals surface area contributed by atoms with Crippen LogP contribution < -0.4 is 18.9 Å². The van der Waals surface area contributed by atoms with Crippen LogP contribution in [-0.2, 0) is 0 Å². The largest absolute Gasteiger partial charge is 0.493 e. The van der Waals surface area contributed by atoms with Gasteiger partial charge in [-0.25, -0.2) is 4.98 Å². The van der Waals surface area contributed by atoms with Crippen LogP contribution in [0.1, 0.15) is 32.6 Å². The van der Waals surface area contributed by atoms with Gasteiger partial charge in [-0.3, -0.25) is 10.1 Å². The first-order valence-electron chi connectivity index (χ1n) is 10.1. The molecule has 0 saturated carbocycles. The summed E-state index contributed by atoms with van der Waals surface area (Å²) in [4.78, 5) is 19.0. The number of nitro groups is 1. The number of rotatable bonds is 11. The Labute approximate surface area is 180 Å². The number of hydrogen-bond acceptors (Lipinski definition) is 7. The third-order valence-corrected chi connectivity index (χ3v) is 4.96. The molecular formula is C22H27N3O6. The lowest BCUT2D eigenvalue weighted by Gasteiger charge is -2.12. The van der Waals surface area contributed by atoms with Crippen LogP contribution in [0.15, 0.2) is 24.3 Å². The molecule has 3 rings (SSSR count). The van der Waals surface area contributed by atoms with E-state index >= 15 is 0 Å². The van der Waals surface area contributed by atoms with E-state index in [1.807, 2.05) is 0 Å². The number of aromatic nitrogens is 2. The summed E-state index contributed by atoms with van der Waals surface area (Å²) in [6.07, 6.45) is 4.04. The van der Waals surface area contributed by atoms with Gasteiger partial charge in [0.05, 0.1) is 43.9 Å². The van der Waals surface area contributed by atoms with Gasteiger partial charge in [0.25, 0.3) is 0 Å². The van der Waals surface area contributed by atoms with E-state index < -0.39 is 4.92 Å². The molecule has 0 radical (unpaired) electrons. The Hall–Kier alpha value is -3.49. The van der Waals surface area contributed by atoms with E-state index in [-0.39, 0.29) is 17.2 Å². The molecule has 1 N–H and O–H groups in total. The molecule has 3 aromatic rings. The van der Waals surface area contributed by atoms with Crippen LogP contribution in [0.3, 0.4) is 0 Å². The lowest BCUT2D eigenvalue weighted by Crippen LogP contribution is -2.03. The Bertz CT molecular complexity index is 1020. The summed E-state index contributed by atoms with van der Waals surface area (Å²) in [5.74, 6) is 1.98. The Kier molecular flexibility index (Phi) is 7.17. The lowest BCUT2D eigenvalue weighted by molar-refractivity contribution is -0.385. The smallest absolute Gasteiger partial charge is 0.315 e. The molecule has 2 aromatic carbocycles. The van der Waals surface area contributed by atoms with Crippen molar-refractivity contribution in [1.82, 2.24) is 9.97 Å². The summed E-state index contributed by atoms with van der Waals surface area (Å²) in [5.41, 5.74) is 1.70. The Morgan fingerprint density at radius 2 is 1.68 bits per heavy atom. The summed E-state index contributed by atoms with van der Waals surface area (Å²) in [7, 11) is 4.56. The number of nitrogens with zero attached hydrogens (tertiary/aromatic N) is 2. The lowest BCUT2D eigenvalue weighted by atomic mass is 10.1. The predicted molar refractivity (Wildman–Crippen MR) is 117 cm³/mol. The average molecular weight is 429 g/mol. The van der Waals surface area contributed by atoms with Crippen molar-refractivity contribution < 1.29 is 23.9 Å². The highest BCUT2D eigenvalue weighted by Crippen LogP contribution is 2.41. The number of ether oxygens (including phenoxy) is 4. The second kappa shape index (κ2) is 10.0. The maximum atomic E-state index is 11.8. The van der Waals surface area contributed by atoms with Crippen molar-refractivity contribution in [1.29, 1.82) is 0 Å². The molecular weight excluding hydrogens is 402 g/mol. The Balaban J connectivity index is 1.99. The van der Waals surface area contributed by atoms with E-state index in [1.54, 1.807) is 32.4 Å². The number of aromatic amines is 1. The molecule has 166 valence electrons. The third-order valence-electron chi connectivity index (χ3n) is 4.96. The summed E-state index contributed by atoms with van der Waals surface area (Å²) >= 11 is 0. The van der Waals surface area contributed by atoms with Crippen LogP contribution in [-0.4, -0.2) is 42.8 Å². The minimum atomic E-state index is -0.470. The van der Waals surface area contributed by atoms with Crippen LogP contribution >= 0.6 is 0 Å². The summed E-state index contributed by atoms with van der Waals surface area (Å²) in [6, 6.07) is 6.63. The van der Waals surface area contributed by atoms with Crippen LogP contribution in [0.2, 0.25) is 0 Å². The average Bonchev–Trinajstić information content (AvgIpc) is 3.20. The number of unbranched alkanes of at least 4 members (excludes halogenated alkanes) is 3. The molecule has 31 heavy (non-hydrogen) atoms. The normalized spacial score (nSPS) is 10.8. The molecule has 0 aliphatic rings. The first-order valence-corrected chi connectivity index (χ1v) is 10.1. The molecule has 0 aliphatic carbocycles. The maximum Gasteiger partial charge on any atom is 0.315 e. The van der Waals surface area contributed by atoms with E-state index in [9.17, 15) is 10.1 Å². The fraction of sp³-hybridized carbons (Fsp3) is 0.409. The van der Waals surface area contributed by atoms with E-state index in [4.69, 9.17) is 18.9 Å². The zero-order valence-corrected chi connectivity index (χ0v) is 18.2. The molecule has 0 amide bonds. The number of fused-ring (bicyclic) bond motifs is 1. The van der Waals surface area contributed by atoms with Gasteiger partial charge in [-0.15, -0.1) is 0 Å². The number of benzene rings is 2. The van der Waals surface area contributed by atoms with E-state index in [1.165, 1.54) is 13.2 Å². The molecule has 0 spiro atoms. The SMILES string of the molecule is CCCCCCOc1c(OC)cc(-c2nc3cc(OC)c(OC)cc3[nH]2)cc1[N+](=O)[O-]. The highest BCUT2D eigenvalue weighted by atomic mass is 16.6. The van der Waals surface area contributed by atoms with E-state index in [2.05, 4.69) is 16.9 Å². The zero-order chi connectivity index (χ0) is 22.4. The van der Waals surface area contributed by atoms with Crippen molar-refractivity contribution in [2.75, 3.05) is 27.9 Å². The monoisotopic (exact) mass is 429 g/mol. The van der Waals surface area contributed by atoms with Gasteiger partial charge >= 0.3 is 5.69 Å². The van der Waals surface area contributed by atoms with Gasteiger partial charge in [-0.05, 0) is 12.5 Å². The van der Waals surface area contributed by atoms with Crippen LogP contribution in [0, 0.1) is 10.1 Å². The molecule has 9 heteroatoms. The van der Waals surface area contributed by atoms with Gasteiger partial charge in [0.1, 0.15) is 5.82 Å². The van der Waals surface area contributed by atoms with Crippen LogP contribution in [0.4, 0.5) is 5.69 Å². The van der Waals surface area contributed by atoms with Crippen LogP contribution in [0.25, 0.3) is 22.4 Å². The number of H-pyrrole nitrogens is 1. The first kappa shape index (κ1) is 22.2. The predicted octanol–water partition coefficient (Wildman–Crippen LogP) is 5.12. The van der Waals surface area contributed by atoms with Gasteiger partial charge in [0, 0.05) is 23.8 Å². The van der Waals surface area contributed by atoms with Crippen LogP contribution in [0.5, 0.6) is 23.0 Å². The van der Waals surface area contributed by atoms with Gasteiger partial charge in [-0.1, -0.05) is 26.2 Å². The molecule has 0 aliphatic heterocycles. The summed E-state index contributed by atoms with van der Waals surface area (Å²) < 4.78 is 21.8. The fourth-order valence-electron chi connectivity index (χ4n) is 3.33. The Morgan fingerprint density at radius 1 is 0.968 bits per heavy atom. The number of imidazole rings is 1. The van der Waals surface area contributed by atoms with Crippen molar-refractivity contribution in [2.45, 2.75) is 32.6 Å². The van der Waals surface area contributed by atoms with E-state index in [0.717, 1.165) is 25.7 Å². The fourth-order valence-corrected chi connectivity index (χ4v) is 3.33. The minimum absolute atomic E-state index is 0.132. The highest BCUT2D eigenvalue weighted by Gasteiger charge is 2.24. The molecule has 9 nitrogen and oxygen atoms in total. The van der Waals surface area contributed by atoms with Crippen molar-refractivity contribution in [2.24, 2.45) is 0 Å². The second-order valence-electron chi connectivity index (χ2n) is 7.00. The van der Waals surface area contributed by atoms with Crippen molar-refractivity contribution >= 4 is 16.7 Å². The Morgan fingerprint density at radius 3 is 2.32 bits per heavy atom. The molecule has 0 atom stereocenters. The first-order chi connectivity index (χ1) is 15.0. The van der Waals surface area contributed by atoms with Crippen molar-refractivity contribution in [3.8, 4) is 34.4 Å². The molecule has 0 bridgehead atoms. The van der Waals surface area contributed by atoms with Gasteiger partial charge < -0.3 is 23.9 Å². The topological polar surface area (TPSA) is 109 Å². The van der Waals surface area contributed by atoms with Gasteiger partial charge in [0.15, 0.2) is 17.2 Å². The number of nitro benzene ring substituents is 1. The zero-order valence-electron chi connectivity index (χ0n) is 18.2. The molecule has 0 unspecified atom stereocenters. The third kappa shape index (κ3) is 4.82. The molecule has 1 heterocycles.